The van der Waals surface area contributed by atoms with Crippen LogP contribution in [0.3, 0.4) is 0 Å². The number of hydrogen-bond donors (Lipinski definition) is 8. The molecule has 36 heavy (non-hydrogen) atoms. The predicted octanol–water partition coefficient (Wildman–Crippen LogP) is -0.358. The summed E-state index contributed by atoms with van der Waals surface area (Å²) in [4.78, 5) is 60.8. The van der Waals surface area contributed by atoms with E-state index in [1.54, 1.807) is 12.1 Å². The molecule has 200 valence electrons. The number of carboxylic acid groups (broad SMARTS) is 2. The lowest BCUT2D eigenvalue weighted by molar-refractivity contribution is -0.142. The van der Waals surface area contributed by atoms with Gasteiger partial charge in [-0.05, 0) is 36.5 Å². The molecule has 0 aliphatic rings. The molecule has 0 fully saturated rings. The van der Waals surface area contributed by atoms with E-state index in [4.69, 9.17) is 15.9 Å². The zero-order valence-electron chi connectivity index (χ0n) is 20.1. The maximum Gasteiger partial charge on any atom is 0.327 e. The number of nitrogens with one attached hydrogen (secondary N) is 3. The fraction of sp³-hybridized carbons (Fsp3) is 0.522. The number of carbonyl (C=O) groups excluding carboxylic acids is 3. The average molecular weight is 527 g/mol. The Morgan fingerprint density at radius 1 is 0.889 bits per heavy atom. The Morgan fingerprint density at radius 2 is 1.42 bits per heavy atom. The standard InChI is InChI=1S/C23H34N4O8S/c1-12(2)9-15(24)20(31)26-17(10-13-3-5-14(28)6-4-13)22(33)25-16(7-8-19(29)30)21(32)27-18(11-36)23(34)35/h3-6,12,15-18,28,36H,7-11,24H2,1-2H3,(H,25,33)(H,26,31)(H,27,32)(H,29,30)(H,34,35). The van der Waals surface area contributed by atoms with Crippen LogP contribution in [0.2, 0.25) is 0 Å². The van der Waals surface area contributed by atoms with Gasteiger partial charge in [-0.2, -0.15) is 12.6 Å². The first-order valence-electron chi connectivity index (χ1n) is 11.3. The van der Waals surface area contributed by atoms with Crippen molar-refractivity contribution in [2.24, 2.45) is 11.7 Å². The summed E-state index contributed by atoms with van der Waals surface area (Å²) in [5.74, 6) is -4.96. The van der Waals surface area contributed by atoms with Crippen LogP contribution in [0.15, 0.2) is 24.3 Å². The minimum absolute atomic E-state index is 0.00493. The molecule has 0 aliphatic carbocycles. The molecular weight excluding hydrogens is 492 g/mol. The van der Waals surface area contributed by atoms with Gasteiger partial charge in [0.2, 0.25) is 17.7 Å². The van der Waals surface area contributed by atoms with Crippen LogP contribution < -0.4 is 21.7 Å². The van der Waals surface area contributed by atoms with Gasteiger partial charge in [-0.25, -0.2) is 4.79 Å². The quantitative estimate of drug-likeness (QED) is 0.140. The second kappa shape index (κ2) is 14.9. The van der Waals surface area contributed by atoms with E-state index in [0.29, 0.717) is 12.0 Å². The summed E-state index contributed by atoms with van der Waals surface area (Å²) in [5, 5.41) is 34.9. The number of hydrogen-bond acceptors (Lipinski definition) is 8. The highest BCUT2D eigenvalue weighted by atomic mass is 32.1. The number of carboxylic acids is 2. The highest BCUT2D eigenvalue weighted by molar-refractivity contribution is 7.80. The van der Waals surface area contributed by atoms with Crippen molar-refractivity contribution in [1.29, 1.82) is 0 Å². The normalized spacial score (nSPS) is 14.2. The van der Waals surface area contributed by atoms with E-state index in [-0.39, 0.29) is 30.3 Å². The molecule has 13 heteroatoms. The summed E-state index contributed by atoms with van der Waals surface area (Å²) in [6, 6.07) is 1.08. The number of aromatic hydroxyl groups is 1. The Bertz CT molecular complexity index is 925. The van der Waals surface area contributed by atoms with Crippen molar-refractivity contribution in [3.63, 3.8) is 0 Å². The van der Waals surface area contributed by atoms with Crippen LogP contribution in [0.4, 0.5) is 0 Å². The fourth-order valence-electron chi connectivity index (χ4n) is 3.24. The smallest absolute Gasteiger partial charge is 0.327 e. The van der Waals surface area contributed by atoms with Gasteiger partial charge in [-0.3, -0.25) is 19.2 Å². The number of nitrogens with two attached hydrogens (primary N) is 1. The van der Waals surface area contributed by atoms with Gasteiger partial charge in [-0.15, -0.1) is 0 Å². The first-order chi connectivity index (χ1) is 16.8. The van der Waals surface area contributed by atoms with Gasteiger partial charge in [0.25, 0.3) is 0 Å². The van der Waals surface area contributed by atoms with E-state index in [1.165, 1.54) is 12.1 Å². The van der Waals surface area contributed by atoms with Gasteiger partial charge in [0, 0.05) is 18.6 Å². The zero-order valence-corrected chi connectivity index (χ0v) is 21.0. The molecule has 1 rings (SSSR count). The van der Waals surface area contributed by atoms with Gasteiger partial charge in [0.15, 0.2) is 0 Å². The summed E-state index contributed by atoms with van der Waals surface area (Å²) in [7, 11) is 0. The first kappa shape index (κ1) is 30.7. The van der Waals surface area contributed by atoms with Gasteiger partial charge in [0.05, 0.1) is 6.04 Å². The summed E-state index contributed by atoms with van der Waals surface area (Å²) in [6.45, 7) is 3.77. The van der Waals surface area contributed by atoms with Crippen LogP contribution in [-0.4, -0.2) is 74.9 Å². The number of rotatable bonds is 15. The molecule has 0 saturated heterocycles. The molecule has 0 radical (unpaired) electrons. The van der Waals surface area contributed by atoms with Crippen molar-refractivity contribution in [2.75, 3.05) is 5.75 Å². The minimum atomic E-state index is -1.39. The van der Waals surface area contributed by atoms with E-state index in [9.17, 15) is 29.1 Å². The molecular formula is C23H34N4O8S. The topological polar surface area (TPSA) is 208 Å². The molecule has 1 aromatic rings. The number of benzene rings is 1. The average Bonchev–Trinajstić information content (AvgIpc) is 2.79. The molecule has 0 aromatic heterocycles. The Balaban J connectivity index is 3.13. The van der Waals surface area contributed by atoms with Gasteiger partial charge >= 0.3 is 11.9 Å². The maximum absolute atomic E-state index is 13.2. The van der Waals surface area contributed by atoms with E-state index in [0.717, 1.165) is 0 Å². The van der Waals surface area contributed by atoms with Crippen molar-refractivity contribution < 1.29 is 39.3 Å². The molecule has 4 unspecified atom stereocenters. The van der Waals surface area contributed by atoms with Crippen molar-refractivity contribution in [1.82, 2.24) is 16.0 Å². The number of amides is 3. The van der Waals surface area contributed by atoms with Crippen LogP contribution >= 0.6 is 12.6 Å². The van der Waals surface area contributed by atoms with Gasteiger partial charge < -0.3 is 37.0 Å². The summed E-state index contributed by atoms with van der Waals surface area (Å²) >= 11 is 3.87. The van der Waals surface area contributed by atoms with Crippen LogP contribution in [0.5, 0.6) is 5.75 Å². The van der Waals surface area contributed by atoms with E-state index < -0.39 is 60.2 Å². The molecule has 0 bridgehead atoms. The maximum atomic E-state index is 13.2. The predicted molar refractivity (Wildman–Crippen MR) is 133 cm³/mol. The second-order valence-electron chi connectivity index (χ2n) is 8.74. The van der Waals surface area contributed by atoms with Crippen molar-refractivity contribution >= 4 is 42.3 Å². The van der Waals surface area contributed by atoms with Crippen LogP contribution in [-0.2, 0) is 30.4 Å². The Kier molecular flexibility index (Phi) is 12.7. The zero-order chi connectivity index (χ0) is 27.4. The second-order valence-corrected chi connectivity index (χ2v) is 9.11. The molecule has 3 amide bonds. The minimum Gasteiger partial charge on any atom is -0.508 e. The molecule has 0 heterocycles. The first-order valence-corrected chi connectivity index (χ1v) is 12.0. The van der Waals surface area contributed by atoms with Gasteiger partial charge in [0.1, 0.15) is 23.9 Å². The lowest BCUT2D eigenvalue weighted by Crippen LogP contribution is -2.58. The lowest BCUT2D eigenvalue weighted by atomic mass is 10.0. The van der Waals surface area contributed by atoms with Crippen LogP contribution in [0.1, 0.15) is 38.7 Å². The molecule has 0 aliphatic heterocycles. The summed E-state index contributed by atoms with van der Waals surface area (Å²) < 4.78 is 0. The van der Waals surface area contributed by atoms with E-state index in [2.05, 4.69) is 28.6 Å². The SMILES string of the molecule is CC(C)CC(N)C(=O)NC(Cc1ccc(O)cc1)C(=O)NC(CCC(=O)O)C(=O)NC(CS)C(=O)O. The highest BCUT2D eigenvalue weighted by Gasteiger charge is 2.30. The molecule has 1 aromatic carbocycles. The Labute approximate surface area is 214 Å². The van der Waals surface area contributed by atoms with E-state index >= 15 is 0 Å². The third-order valence-corrected chi connectivity index (χ3v) is 5.51. The third-order valence-electron chi connectivity index (χ3n) is 5.15. The summed E-state index contributed by atoms with van der Waals surface area (Å²) in [5.41, 5.74) is 6.52. The highest BCUT2D eigenvalue weighted by Crippen LogP contribution is 2.12. The van der Waals surface area contributed by atoms with E-state index in [1.807, 2.05) is 13.8 Å². The number of carbonyl (C=O) groups is 5. The summed E-state index contributed by atoms with van der Waals surface area (Å²) in [6.07, 6.45) is -0.457. The molecule has 0 spiro atoms. The largest absolute Gasteiger partial charge is 0.508 e. The number of aliphatic carboxylic acids is 2. The monoisotopic (exact) mass is 526 g/mol. The van der Waals surface area contributed by atoms with Crippen molar-refractivity contribution in [3.8, 4) is 5.75 Å². The molecule has 12 nitrogen and oxygen atoms in total. The molecule has 0 saturated carbocycles. The molecule has 4 atom stereocenters. The van der Waals surface area contributed by atoms with Crippen molar-refractivity contribution in [2.45, 2.75) is 63.7 Å². The van der Waals surface area contributed by atoms with Crippen LogP contribution in [0.25, 0.3) is 0 Å². The Hall–Kier alpha value is -3.32. The lowest BCUT2D eigenvalue weighted by Gasteiger charge is -2.25. The van der Waals surface area contributed by atoms with Crippen LogP contribution in [0, 0.1) is 5.92 Å². The Morgan fingerprint density at radius 3 is 1.92 bits per heavy atom. The fourth-order valence-corrected chi connectivity index (χ4v) is 3.48. The number of phenols is 1. The van der Waals surface area contributed by atoms with Crippen molar-refractivity contribution in [3.05, 3.63) is 29.8 Å². The number of phenolic OH excluding ortho intramolecular Hbond substituents is 1. The number of thiol groups is 1. The third kappa shape index (κ3) is 11.0. The molecule has 8 N–H and O–H groups in total. The van der Waals surface area contributed by atoms with Gasteiger partial charge in [-0.1, -0.05) is 26.0 Å².